The number of benzene rings is 2. The van der Waals surface area contributed by atoms with Gasteiger partial charge in [-0.1, -0.05) is 119 Å². The van der Waals surface area contributed by atoms with Crippen LogP contribution < -0.4 is 10.6 Å². The second kappa shape index (κ2) is 24.8. The van der Waals surface area contributed by atoms with Crippen molar-refractivity contribution in [2.24, 2.45) is 5.92 Å². The van der Waals surface area contributed by atoms with Gasteiger partial charge in [-0.05, 0) is 100 Å². The quantitative estimate of drug-likeness (QED) is 0.0953. The summed E-state index contributed by atoms with van der Waals surface area (Å²) in [6.45, 7) is 17.1. The summed E-state index contributed by atoms with van der Waals surface area (Å²) in [5.74, 6) is 0.0352. The fourth-order valence-electron chi connectivity index (χ4n) is 7.35. The molecule has 0 aromatic heterocycles. The number of fused-ring (bicyclic) bond motifs is 1. The molecule has 0 radical (unpaired) electrons. The van der Waals surface area contributed by atoms with E-state index in [0.29, 0.717) is 19.3 Å². The van der Waals surface area contributed by atoms with Crippen molar-refractivity contribution in [2.45, 2.75) is 123 Å². The van der Waals surface area contributed by atoms with Gasteiger partial charge in [0.2, 0.25) is 11.8 Å². The molecule has 5 nitrogen and oxygen atoms in total. The summed E-state index contributed by atoms with van der Waals surface area (Å²) >= 11 is 1.75. The van der Waals surface area contributed by atoms with Crippen LogP contribution in [0.4, 0.5) is 13.2 Å². The first-order valence-electron chi connectivity index (χ1n) is 20.3. The number of piperidine rings is 1. The number of allylic oxidation sites excluding steroid dienone is 6. The van der Waals surface area contributed by atoms with E-state index in [0.717, 1.165) is 78.9 Å². The lowest BCUT2D eigenvalue weighted by atomic mass is 9.72. The maximum Gasteiger partial charge on any atom is 0.405 e. The molecule has 1 heterocycles. The second-order valence-corrected chi connectivity index (χ2v) is 14.6. The minimum absolute atomic E-state index is 0.0792. The molecule has 0 saturated carbocycles. The molecule has 2 aromatic rings. The predicted molar refractivity (Wildman–Crippen MR) is 227 cm³/mol. The highest BCUT2D eigenvalue weighted by Gasteiger charge is 2.49. The maximum absolute atomic E-state index is 13.9. The summed E-state index contributed by atoms with van der Waals surface area (Å²) in [6, 6.07) is 18.0. The number of hydrogen-bond donors (Lipinski definition) is 2. The molecular weight excluding hydrogens is 716 g/mol. The Hall–Kier alpha value is -3.56. The number of unbranched alkanes of at least 4 members (excludes halogenated alkanes) is 1. The van der Waals surface area contributed by atoms with Gasteiger partial charge in [0.05, 0.1) is 11.3 Å². The molecule has 55 heavy (non-hydrogen) atoms. The van der Waals surface area contributed by atoms with Crippen molar-refractivity contribution in [1.29, 1.82) is 0 Å². The number of alkyl halides is 3. The lowest BCUT2D eigenvalue weighted by Gasteiger charge is -2.34. The number of hydrogen-bond acceptors (Lipinski definition) is 4. The van der Waals surface area contributed by atoms with Crippen LogP contribution in [0, 0.1) is 5.92 Å². The van der Waals surface area contributed by atoms with Gasteiger partial charge >= 0.3 is 6.18 Å². The molecule has 2 atom stereocenters. The van der Waals surface area contributed by atoms with Gasteiger partial charge < -0.3 is 15.5 Å². The van der Waals surface area contributed by atoms with Crippen LogP contribution in [0.15, 0.2) is 101 Å². The minimum Gasteiger partial charge on any atom is -0.353 e. The number of nitrogens with zero attached hydrogens (tertiary/aromatic N) is 1. The van der Waals surface area contributed by atoms with E-state index in [2.05, 4.69) is 39.8 Å². The van der Waals surface area contributed by atoms with Gasteiger partial charge in [0.1, 0.15) is 6.54 Å². The van der Waals surface area contributed by atoms with E-state index >= 15 is 0 Å². The minimum atomic E-state index is -4.50. The Bertz CT molecular complexity index is 1580. The average Bonchev–Trinajstić information content (AvgIpc) is 3.45. The summed E-state index contributed by atoms with van der Waals surface area (Å²) in [5, 5.41) is 5.60. The Morgan fingerprint density at radius 2 is 1.62 bits per heavy atom. The van der Waals surface area contributed by atoms with Crippen molar-refractivity contribution in [2.75, 3.05) is 31.9 Å². The SMILES string of the molecule is C/C=C\CC(C(=O)NC1CCN(CCCCC2(C(=O)NCC(F)(F)F)C(/C=C\CC)=C(C)c3ccccc32)CC1)/C(=C\C)CSc1ccccc1.CC.CC. The number of carbonyl (C=O) groups is 2. The average molecular weight is 782 g/mol. The zero-order valence-electron chi connectivity index (χ0n) is 34.5. The molecule has 1 aliphatic heterocycles. The maximum atomic E-state index is 13.9. The lowest BCUT2D eigenvalue weighted by molar-refractivity contribution is -0.141. The molecule has 0 bridgehead atoms. The van der Waals surface area contributed by atoms with Crippen LogP contribution in [-0.4, -0.2) is 60.9 Å². The first-order chi connectivity index (χ1) is 26.5. The van der Waals surface area contributed by atoms with E-state index in [4.69, 9.17) is 0 Å². The van der Waals surface area contributed by atoms with Gasteiger partial charge in [-0.3, -0.25) is 9.59 Å². The van der Waals surface area contributed by atoms with Gasteiger partial charge in [-0.15, -0.1) is 11.8 Å². The van der Waals surface area contributed by atoms with E-state index in [-0.39, 0.29) is 17.9 Å². The van der Waals surface area contributed by atoms with Gasteiger partial charge in [0.15, 0.2) is 0 Å². The van der Waals surface area contributed by atoms with Crippen LogP contribution in [0.2, 0.25) is 0 Å². The molecule has 2 amide bonds. The Balaban J connectivity index is 0.00000253. The van der Waals surface area contributed by atoms with Crippen molar-refractivity contribution < 1.29 is 22.8 Å². The van der Waals surface area contributed by atoms with Crippen LogP contribution in [0.1, 0.15) is 111 Å². The van der Waals surface area contributed by atoms with Gasteiger partial charge in [0.25, 0.3) is 0 Å². The number of thioether (sulfide) groups is 1. The smallest absolute Gasteiger partial charge is 0.353 e. The third-order valence-electron chi connectivity index (χ3n) is 10.1. The molecule has 2 unspecified atom stereocenters. The molecule has 9 heteroatoms. The molecule has 0 spiro atoms. The highest BCUT2D eigenvalue weighted by molar-refractivity contribution is 7.99. The Kier molecular flexibility index (Phi) is 21.5. The van der Waals surface area contributed by atoms with Crippen LogP contribution in [0.3, 0.4) is 0 Å². The van der Waals surface area contributed by atoms with Crippen LogP contribution in [0.5, 0.6) is 0 Å². The van der Waals surface area contributed by atoms with Crippen molar-refractivity contribution >= 4 is 29.1 Å². The molecule has 2 aliphatic rings. The molecule has 1 aliphatic carbocycles. The fourth-order valence-corrected chi connectivity index (χ4v) is 8.40. The van der Waals surface area contributed by atoms with Gasteiger partial charge in [-0.2, -0.15) is 13.2 Å². The zero-order chi connectivity index (χ0) is 40.9. The molecule has 304 valence electrons. The standard InChI is InChI=1S/C42H54F3N3O2S.2C2H6/c1-5-8-19-36(32(7-3)29-51-34-17-11-10-12-18-34)39(49)47-33-23-27-48(28-24-33)26-16-15-25-41(40(50)46-30-42(43,44)45)37(21-9-6-2)31(4)35-20-13-14-22-38(35)41;2*1-2/h5,7-14,17-18,20-22,33,36H,6,15-16,19,23-30H2,1-4H3,(H,46,50)(H,47,49);2*1-2H3/b8-5-,21-9-,32-7-;;. The summed E-state index contributed by atoms with van der Waals surface area (Å²) in [4.78, 5) is 31.1. The number of likely N-dealkylation sites (tertiary alicyclic amines) is 1. The van der Waals surface area contributed by atoms with Gasteiger partial charge in [0, 0.05) is 29.8 Å². The third-order valence-corrected chi connectivity index (χ3v) is 11.2. The molecule has 4 rings (SSSR count). The second-order valence-electron chi connectivity index (χ2n) is 13.5. The topological polar surface area (TPSA) is 61.4 Å². The third kappa shape index (κ3) is 13.9. The first kappa shape index (κ1) is 47.6. The molecule has 1 fully saturated rings. The monoisotopic (exact) mass is 781 g/mol. The Morgan fingerprint density at radius 3 is 2.24 bits per heavy atom. The van der Waals surface area contributed by atoms with Gasteiger partial charge in [-0.25, -0.2) is 0 Å². The van der Waals surface area contributed by atoms with Crippen LogP contribution in [0.25, 0.3) is 5.57 Å². The van der Waals surface area contributed by atoms with E-state index in [1.165, 1.54) is 4.90 Å². The lowest BCUT2D eigenvalue weighted by Crippen LogP contribution is -2.48. The molecule has 2 aromatic carbocycles. The summed E-state index contributed by atoms with van der Waals surface area (Å²) in [7, 11) is 0. The summed E-state index contributed by atoms with van der Waals surface area (Å²) < 4.78 is 39.8. The highest BCUT2D eigenvalue weighted by Crippen LogP contribution is 2.50. The number of carbonyl (C=O) groups excluding carboxylic acids is 2. The number of nitrogens with one attached hydrogen (secondary N) is 2. The summed E-state index contributed by atoms with van der Waals surface area (Å²) in [5.41, 5.74) is 3.38. The van der Waals surface area contributed by atoms with Crippen molar-refractivity contribution in [3.8, 4) is 0 Å². The number of rotatable bonds is 17. The van der Waals surface area contributed by atoms with Crippen LogP contribution >= 0.6 is 11.8 Å². The highest BCUT2D eigenvalue weighted by atomic mass is 32.2. The first-order valence-corrected chi connectivity index (χ1v) is 21.3. The summed E-state index contributed by atoms with van der Waals surface area (Å²) in [6.07, 6.45) is 10.6. The fraction of sp³-hybridized carbons (Fsp3) is 0.522. The normalized spacial score (nSPS) is 18.3. The van der Waals surface area contributed by atoms with E-state index < -0.39 is 24.0 Å². The van der Waals surface area contributed by atoms with Crippen molar-refractivity contribution in [1.82, 2.24) is 15.5 Å². The Labute approximate surface area is 334 Å². The van der Waals surface area contributed by atoms with E-state index in [9.17, 15) is 22.8 Å². The van der Waals surface area contributed by atoms with Crippen molar-refractivity contribution in [3.63, 3.8) is 0 Å². The zero-order valence-corrected chi connectivity index (χ0v) is 35.3. The van der Waals surface area contributed by atoms with E-state index in [1.807, 2.05) is 116 Å². The van der Waals surface area contributed by atoms with Crippen molar-refractivity contribution in [3.05, 3.63) is 107 Å². The number of amides is 2. The van der Waals surface area contributed by atoms with Crippen LogP contribution in [-0.2, 0) is 15.0 Å². The predicted octanol–water partition coefficient (Wildman–Crippen LogP) is 11.5. The Morgan fingerprint density at radius 1 is 0.964 bits per heavy atom. The van der Waals surface area contributed by atoms with E-state index in [1.54, 1.807) is 11.8 Å². The number of halogens is 3. The molecular formula is C46H66F3N3O2S. The molecule has 2 N–H and O–H groups in total. The molecule has 1 saturated heterocycles. The largest absolute Gasteiger partial charge is 0.405 e.